The summed E-state index contributed by atoms with van der Waals surface area (Å²) in [5, 5.41) is 9.84. The molecule has 0 amide bonds. The van der Waals surface area contributed by atoms with Gasteiger partial charge in [0.2, 0.25) is 0 Å². The number of sulfonamides is 1. The molecule has 0 unspecified atom stereocenters. The molecular weight excluding hydrogens is 304 g/mol. The molecule has 2 N–H and O–H groups in total. The SMILES string of the molecule is CC(C)(O)c1ccnc(S(=O)(=O)N[Si](C)(C)C(C)(C)C)c1. The van der Waals surface area contributed by atoms with Gasteiger partial charge in [0, 0.05) is 6.20 Å². The van der Waals surface area contributed by atoms with Crippen LogP contribution in [0.2, 0.25) is 18.1 Å². The average Bonchev–Trinajstić information content (AvgIpc) is 2.25. The van der Waals surface area contributed by atoms with Crippen molar-refractivity contribution >= 4 is 18.3 Å². The monoisotopic (exact) mass is 330 g/mol. The Balaban J connectivity index is 3.22. The Hall–Kier alpha value is -0.763. The summed E-state index contributed by atoms with van der Waals surface area (Å²) >= 11 is 0. The zero-order valence-corrected chi connectivity index (χ0v) is 15.7. The highest BCUT2D eigenvalue weighted by Crippen LogP contribution is 2.34. The maximum Gasteiger partial charge on any atom is 0.252 e. The predicted molar refractivity (Wildman–Crippen MR) is 87.0 cm³/mol. The molecule has 7 heteroatoms. The second kappa shape index (κ2) is 5.46. The van der Waals surface area contributed by atoms with Crippen LogP contribution in [0.15, 0.2) is 23.4 Å². The molecule has 0 aliphatic heterocycles. The molecule has 0 aliphatic carbocycles. The molecule has 0 atom stereocenters. The van der Waals surface area contributed by atoms with E-state index in [9.17, 15) is 13.5 Å². The van der Waals surface area contributed by atoms with E-state index in [0.29, 0.717) is 5.56 Å². The number of nitrogens with one attached hydrogen (secondary N) is 1. The Morgan fingerprint density at radius 2 is 1.71 bits per heavy atom. The fourth-order valence-electron chi connectivity index (χ4n) is 1.48. The molecule has 0 saturated heterocycles. The Morgan fingerprint density at radius 3 is 2.14 bits per heavy atom. The minimum absolute atomic E-state index is 0.0491. The van der Waals surface area contributed by atoms with E-state index in [4.69, 9.17) is 0 Å². The van der Waals surface area contributed by atoms with Gasteiger partial charge < -0.3 is 5.11 Å². The van der Waals surface area contributed by atoms with E-state index in [1.54, 1.807) is 19.9 Å². The maximum atomic E-state index is 12.6. The van der Waals surface area contributed by atoms with Crippen molar-refractivity contribution in [2.24, 2.45) is 0 Å². The standard InChI is InChI=1S/C14H26N2O3SSi/c1-13(2,3)21(6,7)16-20(18,19)12-10-11(8-9-15-12)14(4,5)17/h8-10,16-17H,1-7H3. The molecule has 21 heavy (non-hydrogen) atoms. The largest absolute Gasteiger partial charge is 0.386 e. The molecular formula is C14H26N2O3SSi. The highest BCUT2D eigenvalue weighted by molar-refractivity contribution is 7.90. The van der Waals surface area contributed by atoms with Gasteiger partial charge in [-0.25, -0.2) is 17.8 Å². The van der Waals surface area contributed by atoms with Crippen LogP contribution in [0.1, 0.15) is 40.2 Å². The van der Waals surface area contributed by atoms with Crippen molar-refractivity contribution in [3.8, 4) is 0 Å². The zero-order chi connectivity index (χ0) is 16.7. The third-order valence-electron chi connectivity index (χ3n) is 3.98. The van der Waals surface area contributed by atoms with E-state index < -0.39 is 23.9 Å². The smallest absolute Gasteiger partial charge is 0.252 e. The fraction of sp³-hybridized carbons (Fsp3) is 0.643. The number of hydrogen-bond acceptors (Lipinski definition) is 4. The van der Waals surface area contributed by atoms with Crippen molar-refractivity contribution in [1.29, 1.82) is 0 Å². The van der Waals surface area contributed by atoms with E-state index >= 15 is 0 Å². The second-order valence-corrected chi connectivity index (χ2v) is 14.4. The van der Waals surface area contributed by atoms with Gasteiger partial charge in [-0.2, -0.15) is 0 Å². The molecule has 0 aliphatic rings. The van der Waals surface area contributed by atoms with Gasteiger partial charge in [-0.3, -0.25) is 0 Å². The first-order valence-electron chi connectivity index (χ1n) is 6.90. The first kappa shape index (κ1) is 18.3. The first-order chi connectivity index (χ1) is 9.17. The van der Waals surface area contributed by atoms with Crippen LogP contribution in [-0.2, 0) is 15.6 Å². The molecule has 0 spiro atoms. The van der Waals surface area contributed by atoms with E-state index in [2.05, 4.69) is 9.37 Å². The van der Waals surface area contributed by atoms with E-state index in [-0.39, 0.29) is 10.1 Å². The van der Waals surface area contributed by atoms with Gasteiger partial charge in [0.25, 0.3) is 10.0 Å². The number of nitrogens with zero attached hydrogens (tertiary/aromatic N) is 1. The summed E-state index contributed by atoms with van der Waals surface area (Å²) in [5.74, 6) is 0. The number of hydrogen-bond donors (Lipinski definition) is 2. The molecule has 0 aromatic carbocycles. The minimum Gasteiger partial charge on any atom is -0.386 e. The summed E-state index contributed by atoms with van der Waals surface area (Å²) < 4.78 is 27.9. The molecule has 0 radical (unpaired) electrons. The van der Waals surface area contributed by atoms with Gasteiger partial charge in [0.05, 0.1) is 5.60 Å². The van der Waals surface area contributed by atoms with Crippen molar-refractivity contribution in [1.82, 2.24) is 9.37 Å². The average molecular weight is 331 g/mol. The molecule has 1 aromatic heterocycles. The van der Waals surface area contributed by atoms with Crippen molar-refractivity contribution in [2.45, 2.75) is 63.4 Å². The van der Waals surface area contributed by atoms with Gasteiger partial charge in [0.1, 0.15) is 8.24 Å². The van der Waals surface area contributed by atoms with Crippen LogP contribution in [0, 0.1) is 0 Å². The van der Waals surface area contributed by atoms with Gasteiger partial charge in [-0.1, -0.05) is 33.9 Å². The summed E-state index contributed by atoms with van der Waals surface area (Å²) in [7, 11) is -5.92. The second-order valence-electron chi connectivity index (χ2n) is 7.42. The lowest BCUT2D eigenvalue weighted by Crippen LogP contribution is -2.54. The molecule has 1 aromatic rings. The van der Waals surface area contributed by atoms with Crippen molar-refractivity contribution in [2.75, 3.05) is 0 Å². The molecule has 0 bridgehead atoms. The number of aromatic nitrogens is 1. The van der Waals surface area contributed by atoms with Gasteiger partial charge in [-0.05, 0) is 36.6 Å². The normalized spacial score (nSPS) is 14.3. The van der Waals surface area contributed by atoms with Crippen LogP contribution in [0.5, 0.6) is 0 Å². The Kier molecular flexibility index (Phi) is 4.75. The van der Waals surface area contributed by atoms with Crippen LogP contribution in [0.25, 0.3) is 0 Å². The summed E-state index contributed by atoms with van der Waals surface area (Å²) in [6.07, 6.45) is 1.41. The number of aliphatic hydroxyl groups is 1. The lowest BCUT2D eigenvalue weighted by atomic mass is 10.0. The van der Waals surface area contributed by atoms with E-state index in [1.807, 2.05) is 33.9 Å². The van der Waals surface area contributed by atoms with Crippen molar-refractivity contribution in [3.05, 3.63) is 23.9 Å². The lowest BCUT2D eigenvalue weighted by Gasteiger charge is -2.36. The topological polar surface area (TPSA) is 79.3 Å². The lowest BCUT2D eigenvalue weighted by molar-refractivity contribution is 0.0782. The molecule has 1 heterocycles. The van der Waals surface area contributed by atoms with Gasteiger partial charge in [-0.15, -0.1) is 0 Å². The maximum absolute atomic E-state index is 12.6. The van der Waals surface area contributed by atoms with Crippen LogP contribution >= 0.6 is 0 Å². The number of rotatable bonds is 4. The number of pyridine rings is 1. The van der Waals surface area contributed by atoms with Crippen LogP contribution in [0.4, 0.5) is 0 Å². The highest BCUT2D eigenvalue weighted by atomic mass is 32.2. The highest BCUT2D eigenvalue weighted by Gasteiger charge is 2.40. The van der Waals surface area contributed by atoms with Crippen LogP contribution < -0.4 is 4.39 Å². The summed E-state index contributed by atoms with van der Waals surface area (Å²) in [4.78, 5) is 3.95. The fourth-order valence-corrected chi connectivity index (χ4v) is 6.29. The zero-order valence-electron chi connectivity index (χ0n) is 13.9. The third kappa shape index (κ3) is 4.35. The first-order valence-corrected chi connectivity index (χ1v) is 11.4. The van der Waals surface area contributed by atoms with E-state index in [1.165, 1.54) is 12.3 Å². The molecule has 120 valence electrons. The summed E-state index contributed by atoms with van der Waals surface area (Å²) in [6.45, 7) is 13.3. The third-order valence-corrected chi connectivity index (χ3v) is 11.6. The molecule has 5 nitrogen and oxygen atoms in total. The predicted octanol–water partition coefficient (Wildman–Crippen LogP) is 2.59. The molecule has 1 rings (SSSR count). The minimum atomic E-state index is -3.69. The molecule has 0 saturated carbocycles. The van der Waals surface area contributed by atoms with Crippen LogP contribution in [-0.4, -0.2) is 26.7 Å². The summed E-state index contributed by atoms with van der Waals surface area (Å²) in [6, 6.07) is 3.04. The van der Waals surface area contributed by atoms with E-state index in [0.717, 1.165) is 0 Å². The Morgan fingerprint density at radius 1 is 1.19 bits per heavy atom. The van der Waals surface area contributed by atoms with Gasteiger partial charge in [0.15, 0.2) is 5.03 Å². The van der Waals surface area contributed by atoms with Crippen molar-refractivity contribution in [3.63, 3.8) is 0 Å². The summed E-state index contributed by atoms with van der Waals surface area (Å²) in [5.41, 5.74) is -0.586. The molecule has 0 fully saturated rings. The van der Waals surface area contributed by atoms with Gasteiger partial charge >= 0.3 is 0 Å². The van der Waals surface area contributed by atoms with Crippen molar-refractivity contribution < 1.29 is 13.5 Å². The quantitative estimate of drug-likeness (QED) is 0.832. The van der Waals surface area contributed by atoms with Crippen LogP contribution in [0.3, 0.4) is 0 Å². The Bertz CT molecular complexity index is 614. The Labute approximate surface area is 129 Å².